The van der Waals surface area contributed by atoms with Crippen molar-refractivity contribution in [2.45, 2.75) is 67.9 Å². The van der Waals surface area contributed by atoms with Crippen LogP contribution in [0, 0.1) is 5.41 Å². The summed E-state index contributed by atoms with van der Waals surface area (Å²) in [5.41, 5.74) is 2.17. The normalized spacial score (nSPS) is 41.8. The van der Waals surface area contributed by atoms with Crippen LogP contribution in [0.1, 0.15) is 46.0 Å². The maximum absolute atomic E-state index is 10.1. The largest absolute Gasteiger partial charge is 0.387 e. The van der Waals surface area contributed by atoms with Gasteiger partial charge in [-0.1, -0.05) is 55.7 Å². The molecule has 4 atom stereocenters. The highest BCUT2D eigenvalue weighted by atomic mass is 35.5. The molecule has 4 heteroatoms. The van der Waals surface area contributed by atoms with Gasteiger partial charge in [0, 0.05) is 5.41 Å². The average molecular weight is 369 g/mol. The molecule has 0 spiro atoms. The Labute approximate surface area is 154 Å². The molecule has 0 aromatic rings. The van der Waals surface area contributed by atoms with E-state index in [9.17, 15) is 10.2 Å². The summed E-state index contributed by atoms with van der Waals surface area (Å²) in [6.45, 7) is 3.69. The van der Waals surface area contributed by atoms with Crippen LogP contribution < -0.4 is 0 Å². The van der Waals surface area contributed by atoms with Gasteiger partial charge in [-0.25, -0.2) is 0 Å². The quantitative estimate of drug-likeness (QED) is 0.696. The molecule has 24 heavy (non-hydrogen) atoms. The number of hydrogen-bond acceptors (Lipinski definition) is 2. The maximum atomic E-state index is 10.1. The lowest BCUT2D eigenvalue weighted by Crippen LogP contribution is -2.39. The van der Waals surface area contributed by atoms with E-state index >= 15 is 0 Å². The predicted octanol–water partition coefficient (Wildman–Crippen LogP) is 4.65. The lowest BCUT2D eigenvalue weighted by molar-refractivity contribution is 0.188. The summed E-state index contributed by atoms with van der Waals surface area (Å²) in [5.74, 6) is 0. The van der Waals surface area contributed by atoms with Crippen molar-refractivity contribution in [3.8, 4) is 0 Å². The SMILES string of the molecule is CC1(Cl)C=C(C2(C3=CC(C)(Cl)C(O)C=C3)CCCCC2)C=CC1O. The molecule has 0 heterocycles. The van der Waals surface area contributed by atoms with Gasteiger partial charge in [0.15, 0.2) is 0 Å². The minimum atomic E-state index is -0.794. The highest BCUT2D eigenvalue weighted by Gasteiger charge is 2.43. The van der Waals surface area contributed by atoms with Gasteiger partial charge in [-0.15, -0.1) is 23.2 Å². The average Bonchev–Trinajstić information content (AvgIpc) is 2.53. The lowest BCUT2D eigenvalue weighted by atomic mass is 9.61. The highest BCUT2D eigenvalue weighted by Crippen LogP contribution is 2.53. The lowest BCUT2D eigenvalue weighted by Gasteiger charge is -2.44. The monoisotopic (exact) mass is 368 g/mol. The Balaban J connectivity index is 2.07. The van der Waals surface area contributed by atoms with Crippen molar-refractivity contribution < 1.29 is 10.2 Å². The van der Waals surface area contributed by atoms with Crippen LogP contribution in [0.4, 0.5) is 0 Å². The number of halogens is 2. The van der Waals surface area contributed by atoms with Crippen LogP contribution in [0.2, 0.25) is 0 Å². The number of aliphatic hydroxyl groups excluding tert-OH is 2. The van der Waals surface area contributed by atoms with Crippen LogP contribution >= 0.6 is 23.2 Å². The third kappa shape index (κ3) is 3.14. The molecule has 0 aliphatic heterocycles. The smallest absolute Gasteiger partial charge is 0.0948 e. The van der Waals surface area contributed by atoms with Gasteiger partial charge in [-0.3, -0.25) is 0 Å². The van der Waals surface area contributed by atoms with E-state index in [1.54, 1.807) is 12.2 Å². The predicted molar refractivity (Wildman–Crippen MR) is 100 cm³/mol. The molecule has 4 unspecified atom stereocenters. The zero-order valence-electron chi connectivity index (χ0n) is 14.3. The molecule has 0 aromatic heterocycles. The van der Waals surface area contributed by atoms with Gasteiger partial charge in [0.1, 0.15) is 0 Å². The summed E-state index contributed by atoms with van der Waals surface area (Å²) in [6, 6.07) is 0. The van der Waals surface area contributed by atoms with Crippen molar-refractivity contribution in [2.75, 3.05) is 0 Å². The van der Waals surface area contributed by atoms with Gasteiger partial charge in [-0.2, -0.15) is 0 Å². The van der Waals surface area contributed by atoms with Crippen molar-refractivity contribution >= 4 is 23.2 Å². The first-order chi connectivity index (χ1) is 11.2. The first-order valence-electron chi connectivity index (χ1n) is 8.74. The van der Waals surface area contributed by atoms with Crippen LogP contribution in [-0.4, -0.2) is 32.2 Å². The Morgan fingerprint density at radius 3 is 1.62 bits per heavy atom. The molecule has 1 fully saturated rings. The summed E-state index contributed by atoms with van der Waals surface area (Å²) in [7, 11) is 0. The summed E-state index contributed by atoms with van der Waals surface area (Å²) >= 11 is 13.1. The fourth-order valence-electron chi connectivity index (χ4n) is 4.14. The second-order valence-electron chi connectivity index (χ2n) is 7.75. The van der Waals surface area contributed by atoms with Gasteiger partial charge in [-0.05, 0) is 37.8 Å². The van der Waals surface area contributed by atoms with Crippen molar-refractivity contribution in [1.82, 2.24) is 0 Å². The molecule has 3 aliphatic carbocycles. The second-order valence-corrected chi connectivity index (χ2v) is 9.38. The molecule has 3 rings (SSSR count). The topological polar surface area (TPSA) is 40.5 Å². The molecular weight excluding hydrogens is 343 g/mol. The summed E-state index contributed by atoms with van der Waals surface area (Å²) in [5, 5.41) is 20.2. The van der Waals surface area contributed by atoms with E-state index in [-0.39, 0.29) is 5.41 Å². The molecule has 2 N–H and O–H groups in total. The number of rotatable bonds is 2. The Bertz CT molecular complexity index is 572. The Kier molecular flexibility index (Phi) is 4.81. The standard InChI is InChI=1S/C20H26Cl2O2/c1-18(21)12-14(6-8-16(18)23)20(10-4-3-5-11-20)15-7-9-17(24)19(2,22)13-15/h6-9,12-13,16-17,23-24H,3-5,10-11H2,1-2H3. The van der Waals surface area contributed by atoms with Crippen LogP contribution in [0.25, 0.3) is 0 Å². The zero-order valence-corrected chi connectivity index (χ0v) is 15.8. The van der Waals surface area contributed by atoms with Crippen molar-refractivity contribution in [3.63, 3.8) is 0 Å². The first-order valence-corrected chi connectivity index (χ1v) is 9.50. The molecule has 1 saturated carbocycles. The number of allylic oxidation sites excluding steroid dienone is 4. The molecule has 0 bridgehead atoms. The Morgan fingerprint density at radius 2 is 1.25 bits per heavy atom. The number of aliphatic hydroxyl groups is 2. The van der Waals surface area contributed by atoms with Crippen LogP contribution in [0.5, 0.6) is 0 Å². The minimum absolute atomic E-state index is 0.141. The van der Waals surface area contributed by atoms with E-state index < -0.39 is 22.0 Å². The van der Waals surface area contributed by atoms with Gasteiger partial charge >= 0.3 is 0 Å². The minimum Gasteiger partial charge on any atom is -0.387 e. The van der Waals surface area contributed by atoms with E-state index in [4.69, 9.17) is 23.2 Å². The Morgan fingerprint density at radius 1 is 0.833 bits per heavy atom. The van der Waals surface area contributed by atoms with Crippen LogP contribution in [0.3, 0.4) is 0 Å². The fourth-order valence-corrected chi connectivity index (χ4v) is 4.52. The zero-order chi connectivity index (χ0) is 17.6. The molecular formula is C20H26Cl2O2. The van der Waals surface area contributed by atoms with E-state index in [0.717, 1.165) is 36.8 Å². The van der Waals surface area contributed by atoms with E-state index in [1.807, 2.05) is 38.2 Å². The van der Waals surface area contributed by atoms with Crippen molar-refractivity contribution in [1.29, 1.82) is 0 Å². The molecule has 0 saturated heterocycles. The van der Waals surface area contributed by atoms with E-state index in [1.165, 1.54) is 6.42 Å². The van der Waals surface area contributed by atoms with Gasteiger partial charge in [0.05, 0.1) is 22.0 Å². The van der Waals surface area contributed by atoms with E-state index in [2.05, 4.69) is 0 Å². The molecule has 0 radical (unpaired) electrons. The molecule has 2 nitrogen and oxygen atoms in total. The van der Waals surface area contributed by atoms with Crippen LogP contribution in [0.15, 0.2) is 47.6 Å². The molecule has 0 aromatic carbocycles. The first kappa shape index (κ1) is 18.3. The fraction of sp³-hybridized carbons (Fsp3) is 0.600. The second kappa shape index (κ2) is 6.32. The van der Waals surface area contributed by atoms with Crippen molar-refractivity contribution in [2.24, 2.45) is 5.41 Å². The van der Waals surface area contributed by atoms with Gasteiger partial charge in [0.25, 0.3) is 0 Å². The summed E-state index contributed by atoms with van der Waals surface area (Å²) in [6.07, 6.45) is 15.9. The molecule has 0 amide bonds. The number of hydrogen-bond donors (Lipinski definition) is 2. The highest BCUT2D eigenvalue weighted by molar-refractivity contribution is 6.26. The third-order valence-corrected chi connectivity index (χ3v) is 6.43. The van der Waals surface area contributed by atoms with E-state index in [0.29, 0.717) is 0 Å². The summed E-state index contributed by atoms with van der Waals surface area (Å²) in [4.78, 5) is -1.59. The third-order valence-electron chi connectivity index (χ3n) is 5.76. The Hall–Kier alpha value is -0.540. The van der Waals surface area contributed by atoms with Gasteiger partial charge in [0.2, 0.25) is 0 Å². The maximum Gasteiger partial charge on any atom is 0.0948 e. The van der Waals surface area contributed by atoms with Crippen molar-refractivity contribution in [3.05, 3.63) is 47.6 Å². The van der Waals surface area contributed by atoms with Crippen LogP contribution in [-0.2, 0) is 0 Å². The number of alkyl halides is 2. The summed E-state index contributed by atoms with van der Waals surface area (Å²) < 4.78 is 0. The molecule has 132 valence electrons. The molecule has 3 aliphatic rings. The van der Waals surface area contributed by atoms with Gasteiger partial charge < -0.3 is 10.2 Å².